The summed E-state index contributed by atoms with van der Waals surface area (Å²) in [5, 5.41) is 16.6. The molecule has 0 saturated carbocycles. The van der Waals surface area contributed by atoms with E-state index in [2.05, 4.69) is 20.3 Å². The minimum absolute atomic E-state index is 0.0140. The van der Waals surface area contributed by atoms with E-state index in [0.717, 1.165) is 47.1 Å². The Morgan fingerprint density at radius 2 is 1.78 bits per heavy atom. The number of hydrogen-bond acceptors (Lipinski definition) is 7. The van der Waals surface area contributed by atoms with Crippen LogP contribution in [0.15, 0.2) is 46.7 Å². The first-order valence-electron chi connectivity index (χ1n) is 11.7. The summed E-state index contributed by atoms with van der Waals surface area (Å²) < 4.78 is 56.4. The summed E-state index contributed by atoms with van der Waals surface area (Å²) in [6, 6.07) is 9.71. The van der Waals surface area contributed by atoms with Crippen LogP contribution < -0.4 is 15.4 Å². The molecule has 0 aliphatic rings. The minimum atomic E-state index is -4.20. The normalized spacial score (nSPS) is 13.4. The number of carbonyl (C=O) groups is 1. The van der Waals surface area contributed by atoms with Crippen LogP contribution in [-0.2, 0) is 34.2 Å². The van der Waals surface area contributed by atoms with Crippen LogP contribution in [-0.4, -0.2) is 43.1 Å². The Balaban J connectivity index is 1.80. The number of rotatable bonds is 12. The Morgan fingerprint density at radius 3 is 2.43 bits per heavy atom. The Bertz CT molecular complexity index is 1330. The van der Waals surface area contributed by atoms with Crippen molar-refractivity contribution in [2.75, 3.05) is 11.9 Å². The Morgan fingerprint density at radius 1 is 1.11 bits per heavy atom. The van der Waals surface area contributed by atoms with Gasteiger partial charge in [-0.05, 0) is 48.6 Å². The standard InChI is InChI=1S/C25H30F2N4O4S2/c1-4-17-6-5-7-18(8-17)13-28-14-23(33)22(11-19-9-20(26)12-21(27)10-19)31-37(34,35)24-15(2)29-25(36-24)30-16(3)32/h5-10,12,22-23,28,31,33H,4,11,13-14H2,1-3H3,(H,29,30,32). The van der Waals surface area contributed by atoms with Gasteiger partial charge >= 0.3 is 0 Å². The van der Waals surface area contributed by atoms with E-state index in [-0.39, 0.29) is 33.6 Å². The number of nitrogens with zero attached hydrogens (tertiary/aromatic N) is 1. The molecule has 4 N–H and O–H groups in total. The van der Waals surface area contributed by atoms with Crippen LogP contribution >= 0.6 is 11.3 Å². The summed E-state index contributed by atoms with van der Waals surface area (Å²) in [5.41, 5.74) is 2.51. The molecule has 0 radical (unpaired) electrons. The van der Waals surface area contributed by atoms with Gasteiger partial charge in [-0.15, -0.1) is 0 Å². The number of thiazole rings is 1. The smallest absolute Gasteiger partial charge is 0.252 e. The van der Waals surface area contributed by atoms with Gasteiger partial charge in [0.2, 0.25) is 5.91 Å². The van der Waals surface area contributed by atoms with Crippen LogP contribution in [0.5, 0.6) is 0 Å². The maximum absolute atomic E-state index is 13.8. The second-order valence-electron chi connectivity index (χ2n) is 8.65. The fraction of sp³-hybridized carbons (Fsp3) is 0.360. The van der Waals surface area contributed by atoms with E-state index < -0.39 is 39.7 Å². The SMILES string of the molecule is CCc1cccc(CNCC(O)C(Cc2cc(F)cc(F)c2)NS(=O)(=O)c2sc(NC(C)=O)nc2C)c1. The molecule has 1 amide bonds. The second kappa shape index (κ2) is 12.7. The molecule has 3 rings (SSSR count). The molecule has 3 aromatic rings. The molecule has 2 atom stereocenters. The van der Waals surface area contributed by atoms with Crippen molar-refractivity contribution < 1.29 is 27.1 Å². The number of hydrogen-bond donors (Lipinski definition) is 4. The van der Waals surface area contributed by atoms with E-state index in [1.54, 1.807) is 0 Å². The predicted octanol–water partition coefficient (Wildman–Crippen LogP) is 3.29. The zero-order valence-corrected chi connectivity index (χ0v) is 22.3. The zero-order chi connectivity index (χ0) is 27.2. The number of amides is 1. The van der Waals surface area contributed by atoms with Crippen molar-refractivity contribution in [3.8, 4) is 0 Å². The first kappa shape index (κ1) is 28.8. The molecule has 200 valence electrons. The Kier molecular flexibility index (Phi) is 9.85. The number of halogens is 2. The van der Waals surface area contributed by atoms with Gasteiger partial charge in [-0.25, -0.2) is 26.9 Å². The molecule has 0 aliphatic carbocycles. The lowest BCUT2D eigenvalue weighted by atomic mass is 10.0. The predicted molar refractivity (Wildman–Crippen MR) is 139 cm³/mol. The van der Waals surface area contributed by atoms with Gasteiger partial charge in [-0.1, -0.05) is 42.5 Å². The summed E-state index contributed by atoms with van der Waals surface area (Å²) in [6.45, 7) is 5.26. The van der Waals surface area contributed by atoms with Gasteiger partial charge in [0.1, 0.15) is 11.6 Å². The number of nitrogens with one attached hydrogen (secondary N) is 3. The second-order valence-corrected chi connectivity index (χ2v) is 11.6. The van der Waals surface area contributed by atoms with E-state index in [0.29, 0.717) is 6.54 Å². The summed E-state index contributed by atoms with van der Waals surface area (Å²) in [7, 11) is -4.20. The fourth-order valence-corrected chi connectivity index (χ4v) is 6.54. The first-order valence-corrected chi connectivity index (χ1v) is 14.0. The van der Waals surface area contributed by atoms with Gasteiger partial charge in [0, 0.05) is 26.1 Å². The number of aliphatic hydroxyl groups is 1. The van der Waals surface area contributed by atoms with Crippen LogP contribution in [0.2, 0.25) is 0 Å². The quantitative estimate of drug-likeness (QED) is 0.274. The number of aromatic nitrogens is 1. The van der Waals surface area contributed by atoms with Crippen LogP contribution in [0.4, 0.5) is 13.9 Å². The van der Waals surface area contributed by atoms with E-state index in [4.69, 9.17) is 0 Å². The lowest BCUT2D eigenvalue weighted by Crippen LogP contribution is -2.48. The van der Waals surface area contributed by atoms with Crippen molar-refractivity contribution in [2.24, 2.45) is 0 Å². The highest BCUT2D eigenvalue weighted by atomic mass is 32.2. The highest BCUT2D eigenvalue weighted by Crippen LogP contribution is 2.27. The van der Waals surface area contributed by atoms with Gasteiger partial charge < -0.3 is 15.7 Å². The first-order chi connectivity index (χ1) is 17.5. The van der Waals surface area contributed by atoms with Gasteiger partial charge in [0.25, 0.3) is 10.0 Å². The molecule has 8 nitrogen and oxygen atoms in total. The summed E-state index contributed by atoms with van der Waals surface area (Å²) in [6.07, 6.45) is -0.526. The van der Waals surface area contributed by atoms with E-state index in [1.807, 2.05) is 31.2 Å². The molecule has 1 aromatic heterocycles. The number of aryl methyl sites for hydroxylation is 2. The Labute approximate surface area is 219 Å². The van der Waals surface area contributed by atoms with Gasteiger partial charge in [-0.2, -0.15) is 0 Å². The minimum Gasteiger partial charge on any atom is -0.390 e. The topological polar surface area (TPSA) is 120 Å². The maximum atomic E-state index is 13.8. The lowest BCUT2D eigenvalue weighted by Gasteiger charge is -2.24. The number of sulfonamides is 1. The molecule has 0 aliphatic heterocycles. The number of benzene rings is 2. The van der Waals surface area contributed by atoms with E-state index in [9.17, 15) is 27.1 Å². The van der Waals surface area contributed by atoms with Crippen LogP contribution in [0, 0.1) is 18.6 Å². The molecule has 1 heterocycles. The van der Waals surface area contributed by atoms with E-state index in [1.165, 1.54) is 13.8 Å². The van der Waals surface area contributed by atoms with Gasteiger partial charge in [-0.3, -0.25) is 4.79 Å². The molecule has 37 heavy (non-hydrogen) atoms. The third-order valence-electron chi connectivity index (χ3n) is 5.51. The summed E-state index contributed by atoms with van der Waals surface area (Å²) >= 11 is 0.767. The van der Waals surface area contributed by atoms with Crippen LogP contribution in [0.1, 0.15) is 36.2 Å². The third-order valence-corrected chi connectivity index (χ3v) is 8.68. The molecule has 12 heteroatoms. The molecular weight excluding hydrogens is 522 g/mol. The highest BCUT2D eigenvalue weighted by molar-refractivity contribution is 7.91. The van der Waals surface area contributed by atoms with Crippen molar-refractivity contribution >= 4 is 32.4 Å². The summed E-state index contributed by atoms with van der Waals surface area (Å²) in [4.78, 5) is 15.4. The average Bonchev–Trinajstić information content (AvgIpc) is 3.18. The highest BCUT2D eigenvalue weighted by Gasteiger charge is 2.29. The molecule has 2 aromatic carbocycles. The lowest BCUT2D eigenvalue weighted by molar-refractivity contribution is -0.114. The zero-order valence-electron chi connectivity index (χ0n) is 20.7. The van der Waals surface area contributed by atoms with Crippen molar-refractivity contribution in [3.05, 3.63) is 76.5 Å². The summed E-state index contributed by atoms with van der Waals surface area (Å²) in [5.74, 6) is -2.01. The van der Waals surface area contributed by atoms with Gasteiger partial charge in [0.15, 0.2) is 9.34 Å². The molecule has 0 fully saturated rings. The monoisotopic (exact) mass is 552 g/mol. The van der Waals surface area contributed by atoms with Crippen LogP contribution in [0.25, 0.3) is 0 Å². The number of aliphatic hydroxyl groups excluding tert-OH is 1. The molecular formula is C25H30F2N4O4S2. The number of carbonyl (C=O) groups excluding carboxylic acids is 1. The molecule has 0 bridgehead atoms. The largest absolute Gasteiger partial charge is 0.390 e. The van der Waals surface area contributed by atoms with Crippen molar-refractivity contribution in [3.63, 3.8) is 0 Å². The van der Waals surface area contributed by atoms with E-state index >= 15 is 0 Å². The van der Waals surface area contributed by atoms with Crippen molar-refractivity contribution in [1.29, 1.82) is 0 Å². The molecule has 2 unspecified atom stereocenters. The molecule has 0 spiro atoms. The fourth-order valence-electron chi connectivity index (χ4n) is 3.79. The van der Waals surface area contributed by atoms with Crippen molar-refractivity contribution in [1.82, 2.24) is 15.0 Å². The third kappa shape index (κ3) is 8.37. The Hall–Kier alpha value is -2.77. The molecule has 0 saturated heterocycles. The number of anilines is 1. The van der Waals surface area contributed by atoms with Crippen LogP contribution in [0.3, 0.4) is 0 Å². The maximum Gasteiger partial charge on any atom is 0.252 e. The van der Waals surface area contributed by atoms with Crippen molar-refractivity contribution in [2.45, 2.75) is 56.5 Å². The van der Waals surface area contributed by atoms with Gasteiger partial charge in [0.05, 0.1) is 17.8 Å². The average molecular weight is 553 g/mol.